The van der Waals surface area contributed by atoms with Crippen molar-refractivity contribution in [1.82, 2.24) is 0 Å². The third-order valence-corrected chi connectivity index (χ3v) is 3.17. The SMILES string of the molecule is O=C(Nc1ccc([N+](=O)O)cc1Cl)c1cc(Cl)ccc1O. The average Bonchev–Trinajstić information content (AvgIpc) is 2.43. The number of hydrogen-bond donors (Lipinski definition) is 3. The summed E-state index contributed by atoms with van der Waals surface area (Å²) in [6, 6.07) is 7.84. The Balaban J connectivity index is 2.27. The van der Waals surface area contributed by atoms with Crippen LogP contribution in [0.1, 0.15) is 10.4 Å². The van der Waals surface area contributed by atoms with Gasteiger partial charge in [-0.05, 0) is 24.3 Å². The fourth-order valence-corrected chi connectivity index (χ4v) is 2.00. The van der Waals surface area contributed by atoms with Crippen LogP contribution in [0.15, 0.2) is 36.4 Å². The number of halogens is 2. The zero-order valence-corrected chi connectivity index (χ0v) is 11.9. The normalized spacial score (nSPS) is 10.2. The molecule has 8 heteroatoms. The van der Waals surface area contributed by atoms with Crippen LogP contribution in [0.3, 0.4) is 0 Å². The lowest BCUT2D eigenvalue weighted by Crippen LogP contribution is -2.12. The molecule has 0 saturated carbocycles. The van der Waals surface area contributed by atoms with E-state index in [0.717, 1.165) is 0 Å². The Morgan fingerprint density at radius 2 is 1.86 bits per heavy atom. The monoisotopic (exact) mass is 327 g/mol. The molecule has 0 heterocycles. The highest BCUT2D eigenvalue weighted by Crippen LogP contribution is 2.28. The molecule has 1 amide bonds. The molecule has 2 aromatic rings. The second-order valence-corrected chi connectivity index (χ2v) is 4.90. The van der Waals surface area contributed by atoms with Gasteiger partial charge in [0, 0.05) is 17.2 Å². The van der Waals surface area contributed by atoms with Crippen LogP contribution in [-0.2, 0) is 0 Å². The number of benzene rings is 2. The van der Waals surface area contributed by atoms with Crippen molar-refractivity contribution in [2.75, 3.05) is 5.32 Å². The van der Waals surface area contributed by atoms with Crippen molar-refractivity contribution in [3.63, 3.8) is 0 Å². The highest BCUT2D eigenvalue weighted by atomic mass is 35.5. The maximum Gasteiger partial charge on any atom is 0.318 e. The van der Waals surface area contributed by atoms with Gasteiger partial charge in [0.15, 0.2) is 0 Å². The first-order chi connectivity index (χ1) is 9.88. The van der Waals surface area contributed by atoms with E-state index in [9.17, 15) is 14.8 Å². The fraction of sp³-hybridized carbons (Fsp3) is 0. The summed E-state index contributed by atoms with van der Waals surface area (Å²) in [6.07, 6.45) is 0. The lowest BCUT2D eigenvalue weighted by atomic mass is 10.2. The zero-order valence-electron chi connectivity index (χ0n) is 10.4. The lowest BCUT2D eigenvalue weighted by Gasteiger charge is -2.08. The molecule has 0 aromatic heterocycles. The number of nitrogens with zero attached hydrogens (tertiary/aromatic N) is 1. The van der Waals surface area contributed by atoms with Crippen LogP contribution in [-0.4, -0.2) is 21.1 Å². The fourth-order valence-electron chi connectivity index (χ4n) is 1.60. The van der Waals surface area contributed by atoms with Gasteiger partial charge in [0.1, 0.15) is 5.75 Å². The Hall–Kier alpha value is -2.31. The highest BCUT2D eigenvalue weighted by molar-refractivity contribution is 6.34. The number of rotatable bonds is 3. The molecule has 0 unspecified atom stereocenters. The molecule has 21 heavy (non-hydrogen) atoms. The number of anilines is 1. The molecule has 0 aliphatic heterocycles. The van der Waals surface area contributed by atoms with E-state index in [1.807, 2.05) is 0 Å². The minimum atomic E-state index is -0.618. The van der Waals surface area contributed by atoms with Crippen molar-refractivity contribution in [2.24, 2.45) is 0 Å². The minimum Gasteiger partial charge on any atom is -0.507 e. The van der Waals surface area contributed by atoms with Crippen LogP contribution < -0.4 is 5.32 Å². The van der Waals surface area contributed by atoms with E-state index in [1.54, 1.807) is 0 Å². The molecule has 0 radical (unpaired) electrons. The molecule has 0 atom stereocenters. The molecule has 0 aliphatic rings. The average molecular weight is 328 g/mol. The summed E-state index contributed by atoms with van der Waals surface area (Å²) < 4.78 is 0. The summed E-state index contributed by atoms with van der Waals surface area (Å²) >= 11 is 11.7. The standard InChI is InChI=1S/C13H8Cl2N2O4/c14-7-1-4-12(18)9(5-7)13(19)16-11-3-2-8(17(20)21)6-10(11)15/h1-6H,(H2-,16,18,19,20,21)/p+1. The van der Waals surface area contributed by atoms with Crippen LogP contribution in [0.5, 0.6) is 5.75 Å². The Bertz CT molecular complexity index is 734. The Morgan fingerprint density at radius 3 is 2.48 bits per heavy atom. The van der Waals surface area contributed by atoms with Crippen LogP contribution in [0.2, 0.25) is 10.0 Å². The van der Waals surface area contributed by atoms with Gasteiger partial charge in [0.25, 0.3) is 10.8 Å². The number of amides is 1. The molecule has 108 valence electrons. The largest absolute Gasteiger partial charge is 0.507 e. The molecular weight excluding hydrogens is 319 g/mol. The first-order valence-electron chi connectivity index (χ1n) is 5.64. The number of phenols is 1. The van der Waals surface area contributed by atoms with E-state index < -0.39 is 5.91 Å². The molecule has 0 fully saturated rings. The predicted molar refractivity (Wildman–Crippen MR) is 77.6 cm³/mol. The first-order valence-corrected chi connectivity index (χ1v) is 6.39. The molecule has 0 spiro atoms. The second kappa shape index (κ2) is 5.99. The highest BCUT2D eigenvalue weighted by Gasteiger charge is 2.17. The summed E-state index contributed by atoms with van der Waals surface area (Å²) in [6.45, 7) is 0. The van der Waals surface area contributed by atoms with Crippen LogP contribution >= 0.6 is 23.2 Å². The van der Waals surface area contributed by atoms with E-state index in [0.29, 0.717) is 5.02 Å². The number of carbonyl (C=O) groups is 1. The van der Waals surface area contributed by atoms with Crippen molar-refractivity contribution >= 4 is 40.5 Å². The number of phenolic OH excluding ortho intramolecular Hbond substituents is 1. The third-order valence-electron chi connectivity index (χ3n) is 2.62. The quantitative estimate of drug-likeness (QED) is 0.749. The van der Waals surface area contributed by atoms with Crippen LogP contribution in [0, 0.1) is 4.91 Å². The summed E-state index contributed by atoms with van der Waals surface area (Å²) in [5, 5.41) is 21.2. The summed E-state index contributed by atoms with van der Waals surface area (Å²) in [7, 11) is 0. The van der Waals surface area contributed by atoms with E-state index in [4.69, 9.17) is 28.4 Å². The Morgan fingerprint density at radius 1 is 1.14 bits per heavy atom. The van der Waals surface area contributed by atoms with Crippen LogP contribution in [0.25, 0.3) is 0 Å². The molecule has 0 aliphatic carbocycles. The van der Waals surface area contributed by atoms with Gasteiger partial charge in [-0.15, -0.1) is 0 Å². The minimum absolute atomic E-state index is 0.0183. The van der Waals surface area contributed by atoms with Crippen LogP contribution in [0.4, 0.5) is 11.4 Å². The molecule has 6 nitrogen and oxygen atoms in total. The zero-order chi connectivity index (χ0) is 15.6. The first kappa shape index (κ1) is 15.1. The molecular formula is C13H9Cl2N2O4+. The van der Waals surface area contributed by atoms with E-state index in [1.165, 1.54) is 36.4 Å². The van der Waals surface area contributed by atoms with Gasteiger partial charge < -0.3 is 10.4 Å². The van der Waals surface area contributed by atoms with Gasteiger partial charge in [0.05, 0.1) is 21.2 Å². The number of hydrogen-bond acceptors (Lipinski definition) is 3. The van der Waals surface area contributed by atoms with Crippen molar-refractivity contribution in [3.8, 4) is 5.75 Å². The molecule has 2 rings (SSSR count). The molecule has 0 bridgehead atoms. The molecule has 3 N–H and O–H groups in total. The van der Waals surface area contributed by atoms with Gasteiger partial charge in [-0.1, -0.05) is 23.2 Å². The maximum atomic E-state index is 12.0. The Kier molecular flexibility index (Phi) is 4.30. The van der Waals surface area contributed by atoms with Gasteiger partial charge in [0.2, 0.25) is 0 Å². The van der Waals surface area contributed by atoms with Gasteiger partial charge >= 0.3 is 5.69 Å². The predicted octanol–water partition coefficient (Wildman–Crippen LogP) is 3.75. The van der Waals surface area contributed by atoms with Gasteiger partial charge in [-0.2, -0.15) is 0 Å². The van der Waals surface area contributed by atoms with E-state index >= 15 is 0 Å². The van der Waals surface area contributed by atoms with Crippen molar-refractivity contribution in [3.05, 3.63) is 56.9 Å². The van der Waals surface area contributed by atoms with E-state index in [2.05, 4.69) is 5.32 Å². The second-order valence-electron chi connectivity index (χ2n) is 4.05. The number of nitrogens with one attached hydrogen (secondary N) is 1. The van der Waals surface area contributed by atoms with Crippen molar-refractivity contribution in [1.29, 1.82) is 0 Å². The maximum absolute atomic E-state index is 12.0. The summed E-state index contributed by atoms with van der Waals surface area (Å²) in [5.41, 5.74) is 0.116. The van der Waals surface area contributed by atoms with Gasteiger partial charge in [-0.25, -0.2) is 5.21 Å². The number of aromatic hydroxyl groups is 1. The van der Waals surface area contributed by atoms with Crippen molar-refractivity contribution in [2.45, 2.75) is 0 Å². The smallest absolute Gasteiger partial charge is 0.318 e. The summed E-state index contributed by atoms with van der Waals surface area (Å²) in [4.78, 5) is 22.4. The molecule has 0 saturated heterocycles. The number of carbonyl (C=O) groups excluding carboxylic acids is 1. The van der Waals surface area contributed by atoms with E-state index in [-0.39, 0.29) is 32.6 Å². The van der Waals surface area contributed by atoms with Crippen molar-refractivity contribution < 1.29 is 20.0 Å². The molecule has 2 aromatic carbocycles. The van der Waals surface area contributed by atoms with Gasteiger partial charge in [-0.3, -0.25) is 4.79 Å². The summed E-state index contributed by atoms with van der Waals surface area (Å²) in [5.74, 6) is -0.849. The third kappa shape index (κ3) is 3.42. The lowest BCUT2D eigenvalue weighted by molar-refractivity contribution is -0.729. The topological polar surface area (TPSA) is 89.6 Å². The Labute approximate surface area is 129 Å².